The second-order valence-corrected chi connectivity index (χ2v) is 12.2. The van der Waals surface area contributed by atoms with Crippen LogP contribution >= 0.6 is 7.92 Å². The van der Waals surface area contributed by atoms with Crippen LogP contribution in [0.15, 0.2) is 30.3 Å². The highest BCUT2D eigenvalue weighted by atomic mass is 31.1. The summed E-state index contributed by atoms with van der Waals surface area (Å²) >= 11 is 0. The fourth-order valence-electron chi connectivity index (χ4n) is 4.98. The lowest BCUT2D eigenvalue weighted by Crippen LogP contribution is -2.23. The molecule has 2 aromatic carbocycles. The van der Waals surface area contributed by atoms with E-state index in [1.165, 1.54) is 101 Å². The highest BCUT2D eigenvalue weighted by Gasteiger charge is 2.22. The van der Waals surface area contributed by atoms with Gasteiger partial charge in [0, 0.05) is 0 Å². The summed E-state index contributed by atoms with van der Waals surface area (Å²) < 4.78 is 0. The minimum Gasteiger partial charge on any atom is -0.0654 e. The van der Waals surface area contributed by atoms with Gasteiger partial charge in [0.1, 0.15) is 0 Å². The largest absolute Gasteiger partial charge is 0.0654 e. The van der Waals surface area contributed by atoms with E-state index >= 15 is 0 Å². The summed E-state index contributed by atoms with van der Waals surface area (Å²) in [4.78, 5) is 0. The van der Waals surface area contributed by atoms with Crippen molar-refractivity contribution in [3.8, 4) is 0 Å². The molecule has 0 bridgehead atoms. The molecule has 0 aromatic heterocycles. The molecule has 0 aliphatic carbocycles. The van der Waals surface area contributed by atoms with Crippen molar-refractivity contribution in [2.75, 3.05) is 6.16 Å². The molecule has 0 heterocycles. The fourth-order valence-corrected chi connectivity index (χ4v) is 7.93. The van der Waals surface area contributed by atoms with E-state index in [1.807, 2.05) is 0 Å². The van der Waals surface area contributed by atoms with Crippen molar-refractivity contribution >= 4 is 18.5 Å². The normalized spacial score (nSPS) is 12.3. The van der Waals surface area contributed by atoms with Crippen LogP contribution in [0, 0.1) is 13.8 Å². The number of rotatable bonds is 16. The third kappa shape index (κ3) is 8.24. The fraction of sp³-hybridized carbons (Fsp3) is 0.625. The molecule has 0 saturated carbocycles. The molecule has 2 aromatic rings. The molecule has 0 aliphatic heterocycles. The first-order chi connectivity index (χ1) is 16.1. The number of aryl methyl sites for hydroxylation is 2. The molecule has 0 saturated heterocycles. The minimum absolute atomic E-state index is 0.298. The maximum absolute atomic E-state index is 2.58. The van der Waals surface area contributed by atoms with Gasteiger partial charge in [-0.3, -0.25) is 0 Å². The van der Waals surface area contributed by atoms with Crippen LogP contribution < -0.4 is 10.6 Å². The third-order valence-electron chi connectivity index (χ3n) is 7.26. The van der Waals surface area contributed by atoms with E-state index in [4.69, 9.17) is 0 Å². The van der Waals surface area contributed by atoms with Crippen molar-refractivity contribution in [1.29, 1.82) is 0 Å². The number of unbranched alkanes of at least 4 members (excludes halogenated alkanes) is 6. The molecule has 0 amide bonds. The van der Waals surface area contributed by atoms with Gasteiger partial charge < -0.3 is 0 Å². The lowest BCUT2D eigenvalue weighted by molar-refractivity contribution is 0.705. The Morgan fingerprint density at radius 3 is 1.88 bits per heavy atom. The van der Waals surface area contributed by atoms with Gasteiger partial charge in [-0.2, -0.15) is 0 Å². The Hall–Kier alpha value is -1.13. The van der Waals surface area contributed by atoms with Crippen LogP contribution in [-0.4, -0.2) is 6.16 Å². The summed E-state index contributed by atoms with van der Waals surface area (Å²) in [6, 6.07) is 12.2. The van der Waals surface area contributed by atoms with Gasteiger partial charge in [0.05, 0.1) is 0 Å². The van der Waals surface area contributed by atoms with Crippen LogP contribution in [0.2, 0.25) is 0 Å². The Labute approximate surface area is 207 Å². The highest BCUT2D eigenvalue weighted by molar-refractivity contribution is 7.73. The van der Waals surface area contributed by atoms with Crippen molar-refractivity contribution in [1.82, 2.24) is 0 Å². The molecule has 2 rings (SSSR count). The molecule has 0 radical (unpaired) electrons. The number of hydrogen-bond acceptors (Lipinski definition) is 0. The molecule has 0 spiro atoms. The monoisotopic (exact) mass is 466 g/mol. The third-order valence-corrected chi connectivity index (χ3v) is 10.1. The second kappa shape index (κ2) is 15.7. The molecule has 0 N–H and O–H groups in total. The van der Waals surface area contributed by atoms with Crippen LogP contribution in [-0.2, 0) is 19.3 Å². The summed E-state index contributed by atoms with van der Waals surface area (Å²) in [5.74, 6) is 0. The van der Waals surface area contributed by atoms with Crippen LogP contribution in [0.25, 0.3) is 0 Å². The first kappa shape index (κ1) is 28.1. The lowest BCUT2D eigenvalue weighted by atomic mass is 9.91. The molecule has 33 heavy (non-hydrogen) atoms. The van der Waals surface area contributed by atoms with Gasteiger partial charge in [-0.15, -0.1) is 0 Å². The maximum atomic E-state index is 2.58. The molecule has 1 unspecified atom stereocenters. The predicted octanol–water partition coefficient (Wildman–Crippen LogP) is 9.34. The molecule has 1 atom stereocenters. The first-order valence-corrected chi connectivity index (χ1v) is 15.6. The maximum Gasteiger partial charge on any atom is -0.0160 e. The summed E-state index contributed by atoms with van der Waals surface area (Å²) in [6.07, 6.45) is 18.4. The van der Waals surface area contributed by atoms with Gasteiger partial charge in [0.2, 0.25) is 0 Å². The predicted molar refractivity (Wildman–Crippen MR) is 153 cm³/mol. The van der Waals surface area contributed by atoms with Gasteiger partial charge in [0.25, 0.3) is 0 Å². The summed E-state index contributed by atoms with van der Waals surface area (Å²) in [5.41, 5.74) is 8.13. The average molecular weight is 467 g/mol. The standard InChI is InChI=1S/C32H51P/c1-7-11-15-16-25-33(31-22-17-18-26(5)27(31)6)32-24-23-28(19-12-8-2)29(20-13-9-3)30(32)21-14-10-4/h17-18,22-24H,7-16,19-21,25H2,1-6H3. The van der Waals surface area contributed by atoms with Gasteiger partial charge in [-0.05, 0) is 111 Å². The summed E-state index contributed by atoms with van der Waals surface area (Å²) in [5, 5.41) is 3.36. The van der Waals surface area contributed by atoms with Crippen molar-refractivity contribution in [2.24, 2.45) is 0 Å². The second-order valence-electron chi connectivity index (χ2n) is 9.94. The van der Waals surface area contributed by atoms with Gasteiger partial charge in [0.15, 0.2) is 0 Å². The molecular formula is C32H51P. The van der Waals surface area contributed by atoms with E-state index < -0.39 is 0 Å². The number of benzene rings is 2. The van der Waals surface area contributed by atoms with E-state index in [-0.39, 0.29) is 7.92 Å². The Morgan fingerprint density at radius 1 is 0.576 bits per heavy atom. The van der Waals surface area contributed by atoms with Gasteiger partial charge >= 0.3 is 0 Å². The Balaban J connectivity index is 2.61. The molecule has 0 nitrogen and oxygen atoms in total. The topological polar surface area (TPSA) is 0 Å². The molecule has 0 aliphatic rings. The van der Waals surface area contributed by atoms with E-state index in [1.54, 1.807) is 27.3 Å². The molecule has 184 valence electrons. The molecule has 1 heteroatoms. The lowest BCUT2D eigenvalue weighted by Gasteiger charge is -2.27. The number of hydrogen-bond donors (Lipinski definition) is 0. The van der Waals surface area contributed by atoms with Crippen LogP contribution in [0.3, 0.4) is 0 Å². The zero-order chi connectivity index (χ0) is 24.1. The average Bonchev–Trinajstić information content (AvgIpc) is 2.82. The van der Waals surface area contributed by atoms with Crippen molar-refractivity contribution in [3.63, 3.8) is 0 Å². The summed E-state index contributed by atoms with van der Waals surface area (Å²) in [7, 11) is -0.298. The Kier molecular flexibility index (Phi) is 13.4. The van der Waals surface area contributed by atoms with Crippen LogP contribution in [0.4, 0.5) is 0 Å². The van der Waals surface area contributed by atoms with E-state index in [2.05, 4.69) is 71.9 Å². The zero-order valence-corrected chi connectivity index (χ0v) is 23.6. The van der Waals surface area contributed by atoms with Crippen molar-refractivity contribution in [3.05, 3.63) is 58.1 Å². The molecule has 0 fully saturated rings. The van der Waals surface area contributed by atoms with Crippen LogP contribution in [0.1, 0.15) is 120 Å². The Bertz CT molecular complexity index is 819. The SMILES string of the molecule is CCCCCCP(c1cccc(C)c1C)c1ccc(CCCC)c(CCCC)c1CCCC. The van der Waals surface area contributed by atoms with Crippen molar-refractivity contribution < 1.29 is 0 Å². The van der Waals surface area contributed by atoms with Crippen LogP contribution in [0.5, 0.6) is 0 Å². The smallest absolute Gasteiger partial charge is 0.0160 e. The quantitative estimate of drug-likeness (QED) is 0.171. The Morgan fingerprint density at radius 2 is 1.21 bits per heavy atom. The first-order valence-electron chi connectivity index (χ1n) is 14.1. The zero-order valence-electron chi connectivity index (χ0n) is 22.7. The highest BCUT2D eigenvalue weighted by Crippen LogP contribution is 2.40. The van der Waals surface area contributed by atoms with E-state index in [0.717, 1.165) is 0 Å². The van der Waals surface area contributed by atoms with E-state index in [9.17, 15) is 0 Å². The summed E-state index contributed by atoms with van der Waals surface area (Å²) in [6.45, 7) is 14.0. The minimum atomic E-state index is -0.298. The molecular weight excluding hydrogens is 415 g/mol. The van der Waals surface area contributed by atoms with Gasteiger partial charge in [-0.25, -0.2) is 0 Å². The van der Waals surface area contributed by atoms with E-state index in [0.29, 0.717) is 0 Å². The van der Waals surface area contributed by atoms with Gasteiger partial charge in [-0.1, -0.05) is 96.6 Å². The van der Waals surface area contributed by atoms with Crippen molar-refractivity contribution in [2.45, 2.75) is 125 Å².